The largest absolute Gasteiger partial charge is 0.476 e. The van der Waals surface area contributed by atoms with Crippen LogP contribution in [0, 0.1) is 17.3 Å². The normalized spacial score (nSPS) is 38.1. The lowest BCUT2D eigenvalue weighted by atomic mass is 9.49. The fourth-order valence-corrected chi connectivity index (χ4v) is 3.10. The molecular formula is C12H17NO. The third kappa shape index (κ3) is 0.943. The molecule has 0 radical (unpaired) electrons. The zero-order chi connectivity index (χ0) is 9.76. The number of hydrogen-bond donors (Lipinski definition) is 0. The van der Waals surface area contributed by atoms with Crippen LogP contribution < -0.4 is 0 Å². The van der Waals surface area contributed by atoms with Gasteiger partial charge in [0, 0.05) is 5.57 Å². The molecule has 4 aliphatic rings. The minimum absolute atomic E-state index is 0.485. The number of fused-ring (bicyclic) bond motifs is 1. The molecule has 2 bridgehead atoms. The summed E-state index contributed by atoms with van der Waals surface area (Å²) in [6, 6.07) is 0. The predicted molar refractivity (Wildman–Crippen MR) is 56.3 cm³/mol. The van der Waals surface area contributed by atoms with E-state index >= 15 is 0 Å². The van der Waals surface area contributed by atoms with E-state index < -0.39 is 0 Å². The second-order valence-corrected chi connectivity index (χ2v) is 5.24. The van der Waals surface area contributed by atoms with Crippen LogP contribution in [0.25, 0.3) is 0 Å². The van der Waals surface area contributed by atoms with Crippen molar-refractivity contribution in [3.8, 4) is 0 Å². The molecule has 1 saturated carbocycles. The molecular weight excluding hydrogens is 174 g/mol. The maximum atomic E-state index is 5.56. The Morgan fingerprint density at radius 2 is 2.36 bits per heavy atom. The molecule has 0 amide bonds. The minimum atomic E-state index is 0.485. The molecule has 76 valence electrons. The molecule has 1 aliphatic heterocycles. The van der Waals surface area contributed by atoms with E-state index in [1.54, 1.807) is 0 Å². The molecule has 0 aromatic rings. The third-order valence-electron chi connectivity index (χ3n) is 4.30. The first-order valence-corrected chi connectivity index (χ1v) is 5.57. The van der Waals surface area contributed by atoms with Crippen molar-refractivity contribution in [2.45, 2.75) is 26.7 Å². The fraction of sp³-hybridized carbons (Fsp3) is 0.750. The summed E-state index contributed by atoms with van der Waals surface area (Å²) in [5.41, 5.74) is 1.88. The van der Waals surface area contributed by atoms with E-state index in [1.807, 2.05) is 0 Å². The molecule has 1 heterocycles. The van der Waals surface area contributed by atoms with Crippen LogP contribution in [0.1, 0.15) is 26.7 Å². The van der Waals surface area contributed by atoms with E-state index in [1.165, 1.54) is 18.4 Å². The molecule has 4 rings (SSSR count). The molecule has 0 saturated heterocycles. The highest BCUT2D eigenvalue weighted by molar-refractivity contribution is 5.95. The monoisotopic (exact) mass is 191 g/mol. The van der Waals surface area contributed by atoms with Gasteiger partial charge in [0.1, 0.15) is 6.61 Å². The maximum Gasteiger partial charge on any atom is 0.212 e. The van der Waals surface area contributed by atoms with Gasteiger partial charge in [0.05, 0.1) is 6.54 Å². The number of hydrogen-bond acceptors (Lipinski definition) is 2. The molecule has 3 aliphatic carbocycles. The van der Waals surface area contributed by atoms with E-state index in [2.05, 4.69) is 24.9 Å². The first-order chi connectivity index (χ1) is 6.69. The molecule has 1 fully saturated rings. The fourth-order valence-electron chi connectivity index (χ4n) is 3.10. The Labute approximate surface area is 85.1 Å². The molecule has 0 unspecified atom stereocenters. The van der Waals surface area contributed by atoms with Crippen molar-refractivity contribution >= 4 is 5.90 Å². The van der Waals surface area contributed by atoms with Crippen molar-refractivity contribution in [3.63, 3.8) is 0 Å². The van der Waals surface area contributed by atoms with Crippen molar-refractivity contribution < 1.29 is 4.74 Å². The zero-order valence-electron chi connectivity index (χ0n) is 8.92. The average Bonchev–Trinajstić information content (AvgIpc) is 2.70. The van der Waals surface area contributed by atoms with Gasteiger partial charge < -0.3 is 4.74 Å². The maximum absolute atomic E-state index is 5.56. The summed E-state index contributed by atoms with van der Waals surface area (Å²) in [6.07, 6.45) is 4.93. The van der Waals surface area contributed by atoms with E-state index in [0.29, 0.717) is 11.3 Å². The van der Waals surface area contributed by atoms with Gasteiger partial charge in [0.25, 0.3) is 0 Å². The molecule has 0 aromatic heterocycles. The van der Waals surface area contributed by atoms with E-state index in [-0.39, 0.29) is 0 Å². The van der Waals surface area contributed by atoms with Crippen LogP contribution in [-0.4, -0.2) is 19.0 Å². The predicted octanol–water partition coefficient (Wildman–Crippen LogP) is 2.41. The lowest BCUT2D eigenvalue weighted by Gasteiger charge is -2.56. The number of allylic oxidation sites excluding steroid dienone is 1. The highest BCUT2D eigenvalue weighted by Gasteiger charge is 2.52. The first-order valence-electron chi connectivity index (χ1n) is 5.57. The van der Waals surface area contributed by atoms with Crippen LogP contribution in [0.5, 0.6) is 0 Å². The molecule has 0 spiro atoms. The van der Waals surface area contributed by atoms with Crippen molar-refractivity contribution in [3.05, 3.63) is 11.6 Å². The quantitative estimate of drug-likeness (QED) is 0.623. The second-order valence-electron chi connectivity index (χ2n) is 5.24. The van der Waals surface area contributed by atoms with Crippen LogP contribution in [0.3, 0.4) is 0 Å². The van der Waals surface area contributed by atoms with Crippen LogP contribution >= 0.6 is 0 Å². The van der Waals surface area contributed by atoms with Gasteiger partial charge in [-0.25, -0.2) is 4.99 Å². The SMILES string of the molecule is CC1(C)[C@H]2CC=C(C3=NCCO3)[C@@H]1C2. The van der Waals surface area contributed by atoms with E-state index in [0.717, 1.165) is 25.0 Å². The zero-order valence-corrected chi connectivity index (χ0v) is 8.92. The third-order valence-corrected chi connectivity index (χ3v) is 4.30. The Kier molecular flexibility index (Phi) is 1.59. The van der Waals surface area contributed by atoms with Gasteiger partial charge in [0.15, 0.2) is 0 Å². The summed E-state index contributed by atoms with van der Waals surface area (Å²) in [5, 5.41) is 0. The van der Waals surface area contributed by atoms with E-state index in [9.17, 15) is 0 Å². The number of rotatable bonds is 1. The molecule has 2 atom stereocenters. The highest BCUT2D eigenvalue weighted by atomic mass is 16.5. The summed E-state index contributed by atoms with van der Waals surface area (Å²) in [7, 11) is 0. The summed E-state index contributed by atoms with van der Waals surface area (Å²) in [4.78, 5) is 4.43. The van der Waals surface area contributed by atoms with Crippen molar-refractivity contribution in [2.75, 3.05) is 13.2 Å². The van der Waals surface area contributed by atoms with Crippen molar-refractivity contribution in [1.82, 2.24) is 0 Å². The minimum Gasteiger partial charge on any atom is -0.476 e. The summed E-state index contributed by atoms with van der Waals surface area (Å²) in [5.74, 6) is 2.55. The molecule has 14 heavy (non-hydrogen) atoms. The Bertz CT molecular complexity index is 327. The lowest BCUT2D eigenvalue weighted by molar-refractivity contribution is -0.00321. The number of aliphatic imine (C=N–C) groups is 1. The summed E-state index contributed by atoms with van der Waals surface area (Å²) < 4.78 is 5.56. The Morgan fingerprint density at radius 1 is 1.50 bits per heavy atom. The topological polar surface area (TPSA) is 21.6 Å². The van der Waals surface area contributed by atoms with Gasteiger partial charge >= 0.3 is 0 Å². The molecule has 2 nitrogen and oxygen atoms in total. The van der Waals surface area contributed by atoms with E-state index in [4.69, 9.17) is 4.74 Å². The standard InChI is InChI=1S/C12H17NO/c1-12(2)8-3-4-9(10(12)7-8)11-13-5-6-14-11/h4,8,10H,3,5-7H2,1-2H3/t8-,10-/m0/s1. The van der Waals surface area contributed by atoms with Gasteiger partial charge in [-0.3, -0.25) is 0 Å². The van der Waals surface area contributed by atoms with Crippen LogP contribution in [0.4, 0.5) is 0 Å². The lowest BCUT2D eigenvalue weighted by Crippen LogP contribution is -2.49. The van der Waals surface area contributed by atoms with Gasteiger partial charge in [-0.05, 0) is 30.1 Å². The van der Waals surface area contributed by atoms with Crippen molar-refractivity contribution in [2.24, 2.45) is 22.2 Å². The van der Waals surface area contributed by atoms with Gasteiger partial charge in [-0.15, -0.1) is 0 Å². The first kappa shape index (κ1) is 8.51. The van der Waals surface area contributed by atoms with Gasteiger partial charge in [0.2, 0.25) is 5.90 Å². The molecule has 0 N–H and O–H groups in total. The van der Waals surface area contributed by atoms with Gasteiger partial charge in [-0.2, -0.15) is 0 Å². The molecule has 2 heteroatoms. The Balaban J connectivity index is 1.91. The Hall–Kier alpha value is -0.790. The summed E-state index contributed by atoms with van der Waals surface area (Å²) >= 11 is 0. The number of ether oxygens (including phenoxy) is 1. The van der Waals surface area contributed by atoms with Gasteiger partial charge in [-0.1, -0.05) is 19.9 Å². The van der Waals surface area contributed by atoms with Crippen LogP contribution in [0.2, 0.25) is 0 Å². The average molecular weight is 191 g/mol. The number of nitrogens with zero attached hydrogens (tertiary/aromatic N) is 1. The Morgan fingerprint density at radius 3 is 2.93 bits per heavy atom. The highest BCUT2D eigenvalue weighted by Crippen LogP contribution is 2.59. The molecule has 0 aromatic carbocycles. The second kappa shape index (κ2) is 2.62. The summed E-state index contributed by atoms with van der Waals surface area (Å²) in [6.45, 7) is 6.40. The van der Waals surface area contributed by atoms with Crippen molar-refractivity contribution in [1.29, 1.82) is 0 Å². The van der Waals surface area contributed by atoms with Crippen LogP contribution in [0.15, 0.2) is 16.6 Å². The van der Waals surface area contributed by atoms with Crippen LogP contribution in [-0.2, 0) is 4.74 Å². The smallest absolute Gasteiger partial charge is 0.212 e.